The van der Waals surface area contributed by atoms with Crippen molar-refractivity contribution < 1.29 is 29.0 Å². The highest BCUT2D eigenvalue weighted by Gasteiger charge is 2.27. The third-order valence-electron chi connectivity index (χ3n) is 2.69. The molecule has 0 saturated heterocycles. The molecule has 0 rings (SSSR count). The molecule has 0 aliphatic heterocycles. The number of carboxylic acid groups (broad SMARTS) is 1. The number of carbonyl (C=O) groups excluding carboxylic acids is 3. The molecule has 1 unspecified atom stereocenters. The van der Waals surface area contributed by atoms with Crippen molar-refractivity contribution in [2.75, 3.05) is 7.11 Å². The fourth-order valence-corrected chi connectivity index (χ4v) is 1.51. The summed E-state index contributed by atoms with van der Waals surface area (Å²) in [7, 11) is 1.18. The number of hydrogen-bond donors (Lipinski definition) is 4. The number of primary amides is 1. The Hall–Kier alpha value is -2.32. The van der Waals surface area contributed by atoms with Gasteiger partial charge in [0.25, 0.3) is 0 Å². The van der Waals surface area contributed by atoms with Crippen molar-refractivity contribution in [3.63, 3.8) is 0 Å². The molecule has 0 aromatic rings. The summed E-state index contributed by atoms with van der Waals surface area (Å²) < 4.78 is 4.55. The van der Waals surface area contributed by atoms with Gasteiger partial charge in [0.05, 0.1) is 7.11 Å². The smallest absolute Gasteiger partial charge is 0.328 e. The minimum atomic E-state index is -1.30. The van der Waals surface area contributed by atoms with E-state index in [0.29, 0.717) is 0 Å². The minimum absolute atomic E-state index is 0.136. The van der Waals surface area contributed by atoms with E-state index in [4.69, 9.17) is 10.8 Å². The first-order valence-electron chi connectivity index (χ1n) is 6.35. The first kappa shape index (κ1) is 18.7. The number of urea groups is 1. The van der Waals surface area contributed by atoms with Crippen LogP contribution in [0.3, 0.4) is 0 Å². The van der Waals surface area contributed by atoms with Crippen LogP contribution in [0.1, 0.15) is 26.7 Å². The summed E-state index contributed by atoms with van der Waals surface area (Å²) in [6.45, 7) is 3.40. The Labute approximate surface area is 122 Å². The molecule has 0 fully saturated rings. The molecule has 3 amide bonds. The Kier molecular flexibility index (Phi) is 7.80. The van der Waals surface area contributed by atoms with Crippen molar-refractivity contribution in [3.05, 3.63) is 0 Å². The average molecular weight is 303 g/mol. The van der Waals surface area contributed by atoms with Crippen molar-refractivity contribution in [2.45, 2.75) is 38.8 Å². The second-order valence-corrected chi connectivity index (χ2v) is 4.76. The summed E-state index contributed by atoms with van der Waals surface area (Å²) in [5, 5.41) is 13.5. The van der Waals surface area contributed by atoms with Gasteiger partial charge in [0, 0.05) is 6.42 Å². The van der Waals surface area contributed by atoms with Gasteiger partial charge in [-0.05, 0) is 12.3 Å². The van der Waals surface area contributed by atoms with Gasteiger partial charge < -0.3 is 26.2 Å². The standard InChI is InChI=1S/C12H21N3O6/c1-6(2)9(11(19)21-3)15-12(20)14-7(10(17)18)4-5-8(13)16/h6-7,9H,4-5H2,1-3H3,(H2,13,16)(H,17,18)(H2,14,15,20)/t7-,9?/m1/s1. The number of methoxy groups -OCH3 is 1. The molecule has 5 N–H and O–H groups in total. The van der Waals surface area contributed by atoms with Crippen molar-refractivity contribution >= 4 is 23.9 Å². The molecule has 0 aromatic carbocycles. The summed E-state index contributed by atoms with van der Waals surface area (Å²) >= 11 is 0. The number of hydrogen-bond acceptors (Lipinski definition) is 5. The van der Waals surface area contributed by atoms with Gasteiger partial charge in [-0.3, -0.25) is 4.79 Å². The summed E-state index contributed by atoms with van der Waals surface area (Å²) in [5.41, 5.74) is 4.93. The Bertz CT molecular complexity index is 410. The molecular formula is C12H21N3O6. The van der Waals surface area contributed by atoms with Crippen LogP contribution in [0, 0.1) is 5.92 Å². The molecule has 0 saturated carbocycles. The lowest BCUT2D eigenvalue weighted by atomic mass is 10.1. The second kappa shape index (κ2) is 8.77. The predicted molar refractivity (Wildman–Crippen MR) is 72.2 cm³/mol. The second-order valence-electron chi connectivity index (χ2n) is 4.76. The van der Waals surface area contributed by atoms with Gasteiger partial charge in [-0.1, -0.05) is 13.8 Å². The molecule has 0 heterocycles. The number of rotatable bonds is 8. The van der Waals surface area contributed by atoms with Gasteiger partial charge in [-0.25, -0.2) is 14.4 Å². The van der Waals surface area contributed by atoms with E-state index in [9.17, 15) is 19.2 Å². The average Bonchev–Trinajstić information content (AvgIpc) is 2.38. The van der Waals surface area contributed by atoms with E-state index in [1.807, 2.05) is 0 Å². The molecule has 0 bridgehead atoms. The molecule has 0 radical (unpaired) electrons. The lowest BCUT2D eigenvalue weighted by Crippen LogP contribution is -2.53. The summed E-state index contributed by atoms with van der Waals surface area (Å²) in [6, 6.07) is -3.01. The first-order chi connectivity index (χ1) is 9.68. The highest BCUT2D eigenvalue weighted by atomic mass is 16.5. The van der Waals surface area contributed by atoms with Crippen molar-refractivity contribution in [1.82, 2.24) is 10.6 Å². The van der Waals surface area contributed by atoms with Crippen LogP contribution >= 0.6 is 0 Å². The molecular weight excluding hydrogens is 282 g/mol. The highest BCUT2D eigenvalue weighted by molar-refractivity contribution is 5.87. The van der Waals surface area contributed by atoms with Crippen LogP contribution < -0.4 is 16.4 Å². The van der Waals surface area contributed by atoms with Crippen LogP contribution in [0.25, 0.3) is 0 Å². The van der Waals surface area contributed by atoms with E-state index in [1.54, 1.807) is 13.8 Å². The molecule has 9 heteroatoms. The van der Waals surface area contributed by atoms with Gasteiger partial charge in [-0.15, -0.1) is 0 Å². The number of carbonyl (C=O) groups is 4. The van der Waals surface area contributed by atoms with Crippen LogP contribution in [0.15, 0.2) is 0 Å². The fourth-order valence-electron chi connectivity index (χ4n) is 1.51. The third kappa shape index (κ3) is 7.14. The maximum absolute atomic E-state index is 11.7. The zero-order valence-corrected chi connectivity index (χ0v) is 12.2. The number of nitrogens with two attached hydrogens (primary N) is 1. The normalized spacial score (nSPS) is 13.1. The van der Waals surface area contributed by atoms with Gasteiger partial charge in [0.15, 0.2) is 0 Å². The molecule has 0 aromatic heterocycles. The SMILES string of the molecule is COC(=O)C(NC(=O)N[C@H](CCC(N)=O)C(=O)O)C(C)C. The zero-order valence-electron chi connectivity index (χ0n) is 12.2. The Morgan fingerprint density at radius 2 is 1.76 bits per heavy atom. The summed E-state index contributed by atoms with van der Waals surface area (Å²) in [4.78, 5) is 44.8. The maximum atomic E-state index is 11.7. The topological polar surface area (TPSA) is 148 Å². The van der Waals surface area contributed by atoms with Crippen LogP contribution in [-0.2, 0) is 19.1 Å². The van der Waals surface area contributed by atoms with E-state index < -0.39 is 36.0 Å². The number of esters is 1. The lowest BCUT2D eigenvalue weighted by Gasteiger charge is -2.21. The molecule has 0 aliphatic rings. The molecule has 0 spiro atoms. The number of carboxylic acids is 1. The number of nitrogens with one attached hydrogen (secondary N) is 2. The largest absolute Gasteiger partial charge is 0.480 e. The highest BCUT2D eigenvalue weighted by Crippen LogP contribution is 2.04. The summed E-state index contributed by atoms with van der Waals surface area (Å²) in [6.07, 6.45) is -0.315. The number of amides is 3. The summed E-state index contributed by atoms with van der Waals surface area (Å²) in [5.74, 6) is -2.84. The molecule has 0 aliphatic carbocycles. The molecule has 2 atom stereocenters. The predicted octanol–water partition coefficient (Wildman–Crippen LogP) is -0.798. The first-order valence-corrected chi connectivity index (χ1v) is 6.35. The van der Waals surface area contributed by atoms with E-state index in [1.165, 1.54) is 7.11 Å². The van der Waals surface area contributed by atoms with Crippen LogP contribution in [0.5, 0.6) is 0 Å². The van der Waals surface area contributed by atoms with Crippen molar-refractivity contribution in [1.29, 1.82) is 0 Å². The maximum Gasteiger partial charge on any atom is 0.328 e. The van der Waals surface area contributed by atoms with E-state index in [2.05, 4.69) is 15.4 Å². The van der Waals surface area contributed by atoms with Gasteiger partial charge >= 0.3 is 18.0 Å². The Morgan fingerprint density at radius 3 is 2.14 bits per heavy atom. The Balaban J connectivity index is 4.64. The van der Waals surface area contributed by atoms with Crippen LogP contribution in [0.2, 0.25) is 0 Å². The lowest BCUT2D eigenvalue weighted by molar-refractivity contribution is -0.144. The van der Waals surface area contributed by atoms with Crippen molar-refractivity contribution in [2.24, 2.45) is 11.7 Å². The third-order valence-corrected chi connectivity index (χ3v) is 2.69. The quantitative estimate of drug-likeness (QED) is 0.431. The minimum Gasteiger partial charge on any atom is -0.480 e. The van der Waals surface area contributed by atoms with E-state index in [-0.39, 0.29) is 18.8 Å². The van der Waals surface area contributed by atoms with Crippen molar-refractivity contribution in [3.8, 4) is 0 Å². The van der Waals surface area contributed by atoms with Gasteiger partial charge in [0.1, 0.15) is 12.1 Å². The van der Waals surface area contributed by atoms with E-state index in [0.717, 1.165) is 0 Å². The van der Waals surface area contributed by atoms with Crippen LogP contribution in [-0.4, -0.2) is 48.2 Å². The van der Waals surface area contributed by atoms with Crippen LogP contribution in [0.4, 0.5) is 4.79 Å². The van der Waals surface area contributed by atoms with E-state index >= 15 is 0 Å². The monoisotopic (exact) mass is 303 g/mol. The van der Waals surface area contributed by atoms with Gasteiger partial charge in [0.2, 0.25) is 5.91 Å². The fraction of sp³-hybridized carbons (Fsp3) is 0.667. The molecule has 21 heavy (non-hydrogen) atoms. The number of aliphatic carboxylic acids is 1. The Morgan fingerprint density at radius 1 is 1.19 bits per heavy atom. The van der Waals surface area contributed by atoms with Gasteiger partial charge in [-0.2, -0.15) is 0 Å². The number of ether oxygens (including phenoxy) is 1. The molecule has 9 nitrogen and oxygen atoms in total. The zero-order chi connectivity index (χ0) is 16.6. The molecule has 120 valence electrons.